The van der Waals surface area contributed by atoms with Gasteiger partial charge in [-0.2, -0.15) is 9.78 Å². The van der Waals surface area contributed by atoms with Gasteiger partial charge in [0.25, 0.3) is 6.30 Å². The standard InChI is InChI=1S/C5H6FN3O3/c1-8-2-7-9(5(8)12)3(6)4(10)11/h2-3H,1H3,(H,10,11). The van der Waals surface area contributed by atoms with E-state index in [9.17, 15) is 14.0 Å². The molecule has 6 nitrogen and oxygen atoms in total. The lowest BCUT2D eigenvalue weighted by atomic mass is 10.6. The molecule has 7 heteroatoms. The number of aryl methyl sites for hydroxylation is 1. The Morgan fingerprint density at radius 1 is 1.83 bits per heavy atom. The molecule has 1 unspecified atom stereocenters. The van der Waals surface area contributed by atoms with Crippen molar-refractivity contribution in [2.75, 3.05) is 0 Å². The third-order valence-electron chi connectivity index (χ3n) is 1.27. The molecule has 0 spiro atoms. The second kappa shape index (κ2) is 2.76. The number of halogens is 1. The van der Waals surface area contributed by atoms with Crippen molar-refractivity contribution in [3.8, 4) is 0 Å². The number of hydrogen-bond donors (Lipinski definition) is 1. The van der Waals surface area contributed by atoms with Gasteiger partial charge >= 0.3 is 11.7 Å². The third kappa shape index (κ3) is 1.20. The minimum absolute atomic E-state index is 0.252. The summed E-state index contributed by atoms with van der Waals surface area (Å²) in [5.74, 6) is -1.74. The molecule has 0 aliphatic rings. The third-order valence-corrected chi connectivity index (χ3v) is 1.27. The van der Waals surface area contributed by atoms with Gasteiger partial charge < -0.3 is 5.11 Å². The summed E-state index contributed by atoms with van der Waals surface area (Å²) in [4.78, 5) is 21.0. The second-order valence-electron chi connectivity index (χ2n) is 2.14. The van der Waals surface area contributed by atoms with Gasteiger partial charge in [-0.25, -0.2) is 14.0 Å². The number of rotatable bonds is 2. The number of aromatic nitrogens is 3. The largest absolute Gasteiger partial charge is 0.478 e. The van der Waals surface area contributed by atoms with Crippen molar-refractivity contribution in [1.82, 2.24) is 14.3 Å². The molecular weight excluding hydrogens is 169 g/mol. The fourth-order valence-corrected chi connectivity index (χ4v) is 0.654. The predicted molar refractivity (Wildman–Crippen MR) is 35.2 cm³/mol. The summed E-state index contributed by atoms with van der Waals surface area (Å²) < 4.78 is 13.9. The van der Waals surface area contributed by atoms with Crippen LogP contribution in [0.25, 0.3) is 0 Å². The Labute approximate surface area is 65.8 Å². The van der Waals surface area contributed by atoms with Crippen molar-refractivity contribution in [3.05, 3.63) is 16.8 Å². The van der Waals surface area contributed by atoms with Crippen LogP contribution in [-0.4, -0.2) is 25.4 Å². The Morgan fingerprint density at radius 3 is 2.75 bits per heavy atom. The van der Waals surface area contributed by atoms with E-state index in [1.807, 2.05) is 0 Å². The quantitative estimate of drug-likeness (QED) is 0.634. The van der Waals surface area contributed by atoms with E-state index in [2.05, 4.69) is 5.10 Å². The van der Waals surface area contributed by atoms with Gasteiger partial charge in [0.2, 0.25) is 0 Å². The highest BCUT2D eigenvalue weighted by Gasteiger charge is 2.21. The van der Waals surface area contributed by atoms with E-state index in [0.29, 0.717) is 0 Å². The zero-order valence-corrected chi connectivity index (χ0v) is 6.14. The van der Waals surface area contributed by atoms with Crippen LogP contribution < -0.4 is 5.69 Å². The van der Waals surface area contributed by atoms with Gasteiger partial charge in [-0.15, -0.1) is 0 Å². The number of aliphatic carboxylic acids is 1. The molecule has 0 amide bonds. The van der Waals surface area contributed by atoms with E-state index in [-0.39, 0.29) is 4.68 Å². The Kier molecular flexibility index (Phi) is 1.94. The molecule has 0 fully saturated rings. The maximum absolute atomic E-state index is 12.6. The molecule has 0 saturated carbocycles. The van der Waals surface area contributed by atoms with Gasteiger partial charge in [0.1, 0.15) is 6.33 Å². The SMILES string of the molecule is Cn1cnn(C(F)C(=O)O)c1=O. The van der Waals surface area contributed by atoms with E-state index in [4.69, 9.17) is 5.11 Å². The molecule has 12 heavy (non-hydrogen) atoms. The van der Waals surface area contributed by atoms with Gasteiger partial charge in [-0.05, 0) is 0 Å². The summed E-state index contributed by atoms with van der Waals surface area (Å²) in [7, 11) is 1.35. The Balaban J connectivity index is 3.12. The minimum Gasteiger partial charge on any atom is -0.478 e. The van der Waals surface area contributed by atoms with E-state index < -0.39 is 18.0 Å². The molecule has 0 aromatic carbocycles. The molecule has 0 aliphatic carbocycles. The summed E-state index contributed by atoms with van der Waals surface area (Å²) >= 11 is 0. The fraction of sp³-hybridized carbons (Fsp3) is 0.400. The molecule has 1 N–H and O–H groups in total. The van der Waals surface area contributed by atoms with Crippen LogP contribution in [0.4, 0.5) is 4.39 Å². The van der Waals surface area contributed by atoms with Crippen LogP contribution in [-0.2, 0) is 11.8 Å². The molecule has 1 heterocycles. The molecule has 1 aromatic heterocycles. The average Bonchev–Trinajstić information content (AvgIpc) is 2.32. The lowest BCUT2D eigenvalue weighted by Gasteiger charge is -1.98. The topological polar surface area (TPSA) is 77.1 Å². The summed E-state index contributed by atoms with van der Waals surface area (Å²) in [6.45, 7) is 0. The van der Waals surface area contributed by atoms with Crippen LogP contribution in [0, 0.1) is 0 Å². The first-order valence-electron chi connectivity index (χ1n) is 3.01. The Hall–Kier alpha value is -1.66. The number of nitrogens with zero attached hydrogens (tertiary/aromatic N) is 3. The van der Waals surface area contributed by atoms with Crippen molar-refractivity contribution in [3.63, 3.8) is 0 Å². The summed E-state index contributed by atoms with van der Waals surface area (Å²) in [5, 5.41) is 11.4. The Morgan fingerprint density at radius 2 is 2.42 bits per heavy atom. The van der Waals surface area contributed by atoms with Crippen LogP contribution in [0.2, 0.25) is 0 Å². The molecule has 0 saturated heterocycles. The zero-order chi connectivity index (χ0) is 9.30. The van der Waals surface area contributed by atoms with Crippen molar-refractivity contribution < 1.29 is 14.3 Å². The van der Waals surface area contributed by atoms with Crippen LogP contribution in [0.5, 0.6) is 0 Å². The summed E-state index contributed by atoms with van der Waals surface area (Å²) in [6.07, 6.45) is -1.38. The van der Waals surface area contributed by atoms with E-state index >= 15 is 0 Å². The van der Waals surface area contributed by atoms with Gasteiger partial charge in [0.15, 0.2) is 0 Å². The molecule has 66 valence electrons. The smallest absolute Gasteiger partial charge is 0.361 e. The zero-order valence-electron chi connectivity index (χ0n) is 6.14. The minimum atomic E-state index is -2.42. The molecule has 0 aliphatic heterocycles. The average molecular weight is 175 g/mol. The van der Waals surface area contributed by atoms with Crippen LogP contribution in [0.1, 0.15) is 6.30 Å². The normalized spacial score (nSPS) is 12.8. The van der Waals surface area contributed by atoms with Crippen molar-refractivity contribution in [2.45, 2.75) is 6.30 Å². The molecular formula is C5H6FN3O3. The first-order chi connectivity index (χ1) is 5.54. The van der Waals surface area contributed by atoms with Crippen molar-refractivity contribution in [2.24, 2.45) is 7.05 Å². The van der Waals surface area contributed by atoms with E-state index in [1.165, 1.54) is 7.05 Å². The number of carbonyl (C=O) groups is 1. The highest BCUT2D eigenvalue weighted by Crippen LogP contribution is 2.01. The highest BCUT2D eigenvalue weighted by molar-refractivity contribution is 5.69. The van der Waals surface area contributed by atoms with Gasteiger partial charge in [-0.3, -0.25) is 4.57 Å². The number of carboxylic acid groups (broad SMARTS) is 1. The first kappa shape index (κ1) is 8.44. The Bertz CT molecular complexity index is 355. The fourth-order valence-electron chi connectivity index (χ4n) is 0.654. The molecule has 1 atom stereocenters. The lowest BCUT2D eigenvalue weighted by molar-refractivity contribution is -0.147. The summed E-state index contributed by atoms with van der Waals surface area (Å²) in [5.41, 5.74) is -0.801. The van der Waals surface area contributed by atoms with Gasteiger partial charge in [-0.1, -0.05) is 0 Å². The molecule has 1 aromatic rings. The van der Waals surface area contributed by atoms with Gasteiger partial charge in [0.05, 0.1) is 0 Å². The van der Waals surface area contributed by atoms with E-state index in [1.54, 1.807) is 0 Å². The van der Waals surface area contributed by atoms with Crippen molar-refractivity contribution >= 4 is 5.97 Å². The number of hydrogen-bond acceptors (Lipinski definition) is 3. The maximum Gasteiger partial charge on any atom is 0.361 e. The lowest BCUT2D eigenvalue weighted by Crippen LogP contribution is -2.28. The summed E-state index contributed by atoms with van der Waals surface area (Å²) in [6, 6.07) is 0. The van der Waals surface area contributed by atoms with E-state index in [0.717, 1.165) is 10.9 Å². The predicted octanol–water partition coefficient (Wildman–Crippen LogP) is -0.865. The molecule has 1 rings (SSSR count). The van der Waals surface area contributed by atoms with Gasteiger partial charge in [0, 0.05) is 7.05 Å². The maximum atomic E-state index is 12.6. The second-order valence-corrected chi connectivity index (χ2v) is 2.14. The molecule has 0 bridgehead atoms. The number of carboxylic acids is 1. The monoisotopic (exact) mass is 175 g/mol. The number of alkyl halides is 1. The molecule has 0 radical (unpaired) electrons. The van der Waals surface area contributed by atoms with Crippen LogP contribution >= 0.6 is 0 Å². The van der Waals surface area contributed by atoms with Crippen LogP contribution in [0.3, 0.4) is 0 Å². The van der Waals surface area contributed by atoms with Crippen molar-refractivity contribution in [1.29, 1.82) is 0 Å². The highest BCUT2D eigenvalue weighted by atomic mass is 19.1. The van der Waals surface area contributed by atoms with Crippen LogP contribution in [0.15, 0.2) is 11.1 Å². The first-order valence-corrected chi connectivity index (χ1v) is 3.01.